The molecule has 1 aliphatic heterocycles. The maximum Gasteiger partial charge on any atom is 0.320 e. The number of hydrogen-bond acceptors (Lipinski definition) is 2. The molecule has 1 heterocycles. The maximum absolute atomic E-state index is 12.5. The van der Waals surface area contributed by atoms with Crippen molar-refractivity contribution in [1.82, 2.24) is 15.1 Å². The first-order valence-electron chi connectivity index (χ1n) is 9.11. The minimum atomic E-state index is -0.113. The van der Waals surface area contributed by atoms with E-state index in [-0.39, 0.29) is 17.9 Å². The molecule has 2 rings (SSSR count). The summed E-state index contributed by atoms with van der Waals surface area (Å²) < 4.78 is 0. The van der Waals surface area contributed by atoms with Gasteiger partial charge in [-0.25, -0.2) is 4.79 Å². The highest BCUT2D eigenvalue weighted by Crippen LogP contribution is 2.18. The summed E-state index contributed by atoms with van der Waals surface area (Å²) in [4.78, 5) is 28.5. The van der Waals surface area contributed by atoms with Crippen LogP contribution in [0.2, 0.25) is 5.02 Å². The van der Waals surface area contributed by atoms with E-state index in [2.05, 4.69) is 5.32 Å². The highest BCUT2D eigenvalue weighted by molar-refractivity contribution is 6.30. The highest BCUT2D eigenvalue weighted by Gasteiger charge is 2.29. The first kappa shape index (κ1) is 19.6. The molecule has 5 nitrogen and oxygen atoms in total. The molecular formula is C19H28ClN3O2. The van der Waals surface area contributed by atoms with Crippen LogP contribution in [0.15, 0.2) is 24.3 Å². The van der Waals surface area contributed by atoms with Crippen molar-refractivity contribution in [2.24, 2.45) is 5.92 Å². The van der Waals surface area contributed by atoms with Crippen molar-refractivity contribution < 1.29 is 9.59 Å². The summed E-state index contributed by atoms with van der Waals surface area (Å²) >= 11 is 5.87. The molecule has 3 amide bonds. The number of rotatable bonds is 6. The third kappa shape index (κ3) is 5.63. The van der Waals surface area contributed by atoms with Gasteiger partial charge in [-0.15, -0.1) is 0 Å². The van der Waals surface area contributed by atoms with Crippen molar-refractivity contribution in [3.63, 3.8) is 0 Å². The second-order valence-corrected chi connectivity index (χ2v) is 6.84. The highest BCUT2D eigenvalue weighted by atomic mass is 35.5. The first-order chi connectivity index (χ1) is 12.0. The van der Waals surface area contributed by atoms with Crippen LogP contribution in [0.25, 0.3) is 0 Å². The first-order valence-corrected chi connectivity index (χ1v) is 9.49. The van der Waals surface area contributed by atoms with Crippen LogP contribution in [-0.2, 0) is 11.2 Å². The molecule has 0 bridgehead atoms. The minimum absolute atomic E-state index is 0.0451. The van der Waals surface area contributed by atoms with Gasteiger partial charge in [-0.3, -0.25) is 4.79 Å². The molecule has 0 radical (unpaired) electrons. The van der Waals surface area contributed by atoms with Gasteiger partial charge in [0.1, 0.15) is 0 Å². The fraction of sp³-hybridized carbons (Fsp3) is 0.579. The van der Waals surface area contributed by atoms with Crippen LogP contribution in [0.3, 0.4) is 0 Å². The zero-order chi connectivity index (χ0) is 18.2. The molecule has 0 saturated carbocycles. The fourth-order valence-corrected chi connectivity index (χ4v) is 3.31. The zero-order valence-electron chi connectivity index (χ0n) is 15.1. The van der Waals surface area contributed by atoms with Crippen molar-refractivity contribution in [3.05, 3.63) is 34.9 Å². The van der Waals surface area contributed by atoms with Crippen molar-refractivity contribution in [1.29, 1.82) is 0 Å². The van der Waals surface area contributed by atoms with Gasteiger partial charge in [0, 0.05) is 37.7 Å². The summed E-state index contributed by atoms with van der Waals surface area (Å²) in [5, 5.41) is 3.72. The molecule has 1 aliphatic rings. The van der Waals surface area contributed by atoms with Crippen LogP contribution < -0.4 is 5.32 Å². The van der Waals surface area contributed by atoms with Crippen molar-refractivity contribution >= 4 is 23.5 Å². The summed E-state index contributed by atoms with van der Waals surface area (Å²) in [5.74, 6) is -0.0653. The van der Waals surface area contributed by atoms with Gasteiger partial charge in [-0.1, -0.05) is 23.7 Å². The molecule has 1 aromatic carbocycles. The lowest BCUT2D eigenvalue weighted by Crippen LogP contribution is -2.50. The number of likely N-dealkylation sites (tertiary alicyclic amines) is 1. The standard InChI is InChI=1S/C19H28ClN3O2/c1-3-22(4-2)19(25)23-13-5-6-16(14-23)18(24)21-12-11-15-7-9-17(20)10-8-15/h7-10,16H,3-6,11-14H2,1-2H3,(H,21,24)/t16-/m0/s1. The third-order valence-electron chi connectivity index (χ3n) is 4.72. The average molecular weight is 366 g/mol. The molecule has 138 valence electrons. The lowest BCUT2D eigenvalue weighted by Gasteiger charge is -2.35. The molecule has 6 heteroatoms. The topological polar surface area (TPSA) is 52.7 Å². The molecule has 0 aromatic heterocycles. The Hall–Kier alpha value is -1.75. The molecule has 0 unspecified atom stereocenters. The molecular weight excluding hydrogens is 338 g/mol. The van der Waals surface area contributed by atoms with Crippen molar-refractivity contribution in [2.45, 2.75) is 33.1 Å². The molecule has 0 spiro atoms. The summed E-state index contributed by atoms with van der Waals surface area (Å²) in [6.45, 7) is 7.21. The monoisotopic (exact) mass is 365 g/mol. The van der Waals surface area contributed by atoms with Gasteiger partial charge < -0.3 is 15.1 Å². The van der Waals surface area contributed by atoms with Crippen molar-refractivity contribution in [3.8, 4) is 0 Å². The Morgan fingerprint density at radius 1 is 1.24 bits per heavy atom. The van der Waals surface area contributed by atoms with E-state index in [9.17, 15) is 9.59 Å². The van der Waals surface area contributed by atoms with E-state index in [1.807, 2.05) is 43.0 Å². The smallest absolute Gasteiger partial charge is 0.320 e. The minimum Gasteiger partial charge on any atom is -0.355 e. The van der Waals surface area contributed by atoms with Gasteiger partial charge in [0.15, 0.2) is 0 Å². The second kappa shape index (κ2) is 9.66. The lowest BCUT2D eigenvalue weighted by molar-refractivity contribution is -0.126. The Morgan fingerprint density at radius 2 is 1.92 bits per heavy atom. The molecule has 25 heavy (non-hydrogen) atoms. The molecule has 1 saturated heterocycles. The van der Waals surface area contributed by atoms with E-state index >= 15 is 0 Å². The van der Waals surface area contributed by atoms with E-state index in [1.54, 1.807) is 4.90 Å². The van der Waals surface area contributed by atoms with Crippen LogP contribution in [0.1, 0.15) is 32.3 Å². The van der Waals surface area contributed by atoms with Gasteiger partial charge in [-0.05, 0) is 50.8 Å². The zero-order valence-corrected chi connectivity index (χ0v) is 15.9. The normalized spacial score (nSPS) is 17.2. The van der Waals surface area contributed by atoms with Crippen LogP contribution in [0.4, 0.5) is 4.79 Å². The van der Waals surface area contributed by atoms with E-state index < -0.39 is 0 Å². The summed E-state index contributed by atoms with van der Waals surface area (Å²) in [5.41, 5.74) is 1.15. The Morgan fingerprint density at radius 3 is 2.56 bits per heavy atom. The molecule has 1 N–H and O–H groups in total. The van der Waals surface area contributed by atoms with Crippen LogP contribution >= 0.6 is 11.6 Å². The van der Waals surface area contributed by atoms with Gasteiger partial charge in [0.25, 0.3) is 0 Å². The number of nitrogens with zero attached hydrogens (tertiary/aromatic N) is 2. The second-order valence-electron chi connectivity index (χ2n) is 6.41. The van der Waals surface area contributed by atoms with E-state index in [4.69, 9.17) is 11.6 Å². The number of hydrogen-bond donors (Lipinski definition) is 1. The maximum atomic E-state index is 12.5. The Kier molecular flexibility index (Phi) is 7.56. The Labute approximate surface area is 155 Å². The number of nitrogens with one attached hydrogen (secondary N) is 1. The molecule has 0 aliphatic carbocycles. The largest absolute Gasteiger partial charge is 0.355 e. The van der Waals surface area contributed by atoms with Gasteiger partial charge >= 0.3 is 6.03 Å². The van der Waals surface area contributed by atoms with Crippen LogP contribution in [-0.4, -0.2) is 54.5 Å². The number of halogens is 1. The van der Waals surface area contributed by atoms with Gasteiger partial charge in [0.2, 0.25) is 5.91 Å². The Bertz CT molecular complexity index is 573. The van der Waals surface area contributed by atoms with Gasteiger partial charge in [0.05, 0.1) is 5.92 Å². The van der Waals surface area contributed by atoms with Gasteiger partial charge in [-0.2, -0.15) is 0 Å². The number of benzene rings is 1. The van der Waals surface area contributed by atoms with Crippen molar-refractivity contribution in [2.75, 3.05) is 32.7 Å². The summed E-state index contributed by atoms with van der Waals surface area (Å²) in [6, 6.07) is 7.70. The fourth-order valence-electron chi connectivity index (χ4n) is 3.18. The average Bonchev–Trinajstić information content (AvgIpc) is 2.64. The predicted octanol–water partition coefficient (Wildman–Crippen LogP) is 3.17. The van der Waals surface area contributed by atoms with E-state index in [0.717, 1.165) is 31.4 Å². The lowest BCUT2D eigenvalue weighted by atomic mass is 9.97. The number of carbonyl (C=O) groups is 2. The van der Waals surface area contributed by atoms with E-state index in [1.165, 1.54) is 0 Å². The number of amides is 3. The molecule has 1 aromatic rings. The Balaban J connectivity index is 1.80. The third-order valence-corrected chi connectivity index (χ3v) is 4.97. The number of carbonyl (C=O) groups excluding carboxylic acids is 2. The molecule has 1 fully saturated rings. The predicted molar refractivity (Wildman–Crippen MR) is 101 cm³/mol. The molecule has 1 atom stereocenters. The number of piperidine rings is 1. The van der Waals surface area contributed by atoms with E-state index in [0.29, 0.717) is 31.2 Å². The number of urea groups is 1. The summed E-state index contributed by atoms with van der Waals surface area (Å²) in [6.07, 6.45) is 2.49. The summed E-state index contributed by atoms with van der Waals surface area (Å²) in [7, 11) is 0. The van der Waals surface area contributed by atoms with Crippen LogP contribution in [0, 0.1) is 5.92 Å². The SMILES string of the molecule is CCN(CC)C(=O)N1CCC[C@H](C(=O)NCCc2ccc(Cl)cc2)C1. The quantitative estimate of drug-likeness (QED) is 0.841. The van der Waals surface area contributed by atoms with Crippen LogP contribution in [0.5, 0.6) is 0 Å².